The van der Waals surface area contributed by atoms with E-state index in [-0.39, 0.29) is 23.5 Å². The van der Waals surface area contributed by atoms with Gasteiger partial charge >= 0.3 is 5.97 Å². The molecule has 0 amide bonds. The molecule has 4 heteroatoms. The summed E-state index contributed by atoms with van der Waals surface area (Å²) in [4.78, 5) is 22.9. The number of aliphatic carboxylic acids is 1. The zero-order valence-corrected chi connectivity index (χ0v) is 9.48. The van der Waals surface area contributed by atoms with Gasteiger partial charge in [0.2, 0.25) is 0 Å². The standard InChI is InChI=1S/C12H18O4/c1-2-7-5-8-9(3-4-10(8)13)12(16,6-7)11(14)15/h7-9,16H,2-6H2,1H3,(H,14,15)/t7-,8+,9+,12+/m1/s1. The second-order valence-corrected chi connectivity index (χ2v) is 5.16. The SMILES string of the molecule is CC[C@@H]1C[C@@H]2C(=O)CC[C@@H]2[C@](O)(C(=O)O)C1. The van der Waals surface area contributed by atoms with E-state index in [9.17, 15) is 19.8 Å². The number of ketones is 1. The Morgan fingerprint density at radius 1 is 1.56 bits per heavy atom. The van der Waals surface area contributed by atoms with Crippen LogP contribution in [0.4, 0.5) is 0 Å². The molecule has 0 aromatic rings. The van der Waals surface area contributed by atoms with Crippen molar-refractivity contribution in [2.75, 3.05) is 0 Å². The van der Waals surface area contributed by atoms with Gasteiger partial charge in [0.1, 0.15) is 5.78 Å². The van der Waals surface area contributed by atoms with Crippen molar-refractivity contribution in [2.24, 2.45) is 17.8 Å². The van der Waals surface area contributed by atoms with Gasteiger partial charge in [-0.2, -0.15) is 0 Å². The van der Waals surface area contributed by atoms with Gasteiger partial charge in [0, 0.05) is 18.3 Å². The minimum absolute atomic E-state index is 0.142. The number of hydrogen-bond donors (Lipinski definition) is 2. The van der Waals surface area contributed by atoms with E-state index >= 15 is 0 Å². The average molecular weight is 226 g/mol. The van der Waals surface area contributed by atoms with Crippen LogP contribution in [0.3, 0.4) is 0 Å². The lowest BCUT2D eigenvalue weighted by atomic mass is 9.65. The summed E-state index contributed by atoms with van der Waals surface area (Å²) in [7, 11) is 0. The molecule has 16 heavy (non-hydrogen) atoms. The summed E-state index contributed by atoms with van der Waals surface area (Å²) in [5.74, 6) is -1.44. The molecule has 0 aliphatic heterocycles. The maximum absolute atomic E-state index is 11.7. The molecule has 2 aliphatic carbocycles. The monoisotopic (exact) mass is 226 g/mol. The highest BCUT2D eigenvalue weighted by atomic mass is 16.4. The quantitative estimate of drug-likeness (QED) is 0.742. The van der Waals surface area contributed by atoms with E-state index in [2.05, 4.69) is 0 Å². The molecule has 0 heterocycles. The first-order chi connectivity index (χ1) is 7.49. The van der Waals surface area contributed by atoms with E-state index < -0.39 is 11.6 Å². The number of carbonyl (C=O) groups is 2. The molecular formula is C12H18O4. The zero-order valence-electron chi connectivity index (χ0n) is 9.48. The van der Waals surface area contributed by atoms with E-state index in [4.69, 9.17) is 0 Å². The first kappa shape index (κ1) is 11.6. The Kier molecular flexibility index (Phi) is 2.78. The molecule has 2 aliphatic rings. The first-order valence-corrected chi connectivity index (χ1v) is 5.97. The lowest BCUT2D eigenvalue weighted by Crippen LogP contribution is -2.52. The highest BCUT2D eigenvalue weighted by molar-refractivity contribution is 5.87. The molecule has 0 radical (unpaired) electrons. The molecule has 2 fully saturated rings. The molecule has 2 N–H and O–H groups in total. The second kappa shape index (κ2) is 3.84. The van der Waals surface area contributed by atoms with Crippen molar-refractivity contribution in [3.05, 3.63) is 0 Å². The van der Waals surface area contributed by atoms with Crippen LogP contribution in [0.5, 0.6) is 0 Å². The molecule has 4 atom stereocenters. The Labute approximate surface area is 94.7 Å². The molecule has 0 saturated heterocycles. The number of aliphatic hydroxyl groups is 1. The lowest BCUT2D eigenvalue weighted by molar-refractivity contribution is -0.175. The fourth-order valence-electron chi connectivity index (χ4n) is 3.37. The van der Waals surface area contributed by atoms with Crippen LogP contribution in [0.1, 0.15) is 39.0 Å². The molecule has 90 valence electrons. The smallest absolute Gasteiger partial charge is 0.336 e. The number of Topliss-reactive ketones (excluding diaryl/α,β-unsaturated/α-hetero) is 1. The summed E-state index contributed by atoms with van der Waals surface area (Å²) in [5, 5.41) is 19.5. The highest BCUT2D eigenvalue weighted by Gasteiger charge is 2.56. The molecule has 0 spiro atoms. The first-order valence-electron chi connectivity index (χ1n) is 5.97. The minimum atomic E-state index is -1.67. The third-order valence-corrected chi connectivity index (χ3v) is 4.35. The summed E-state index contributed by atoms with van der Waals surface area (Å²) in [6.45, 7) is 1.98. The molecule has 0 bridgehead atoms. The van der Waals surface area contributed by atoms with Crippen molar-refractivity contribution in [3.63, 3.8) is 0 Å². The number of hydrogen-bond acceptors (Lipinski definition) is 3. The third kappa shape index (κ3) is 1.56. The molecule has 0 unspecified atom stereocenters. The fraction of sp³-hybridized carbons (Fsp3) is 0.833. The summed E-state index contributed by atoms with van der Waals surface area (Å²) in [6.07, 6.45) is 2.85. The molecule has 0 aromatic carbocycles. The third-order valence-electron chi connectivity index (χ3n) is 4.35. The predicted octanol–water partition coefficient (Wildman–Crippen LogP) is 1.22. The number of carboxylic acids is 1. The Morgan fingerprint density at radius 2 is 2.25 bits per heavy atom. The van der Waals surface area contributed by atoms with Gasteiger partial charge in [-0.3, -0.25) is 4.79 Å². The van der Waals surface area contributed by atoms with Crippen LogP contribution in [-0.4, -0.2) is 27.6 Å². The lowest BCUT2D eigenvalue weighted by Gasteiger charge is -2.41. The van der Waals surface area contributed by atoms with Crippen molar-refractivity contribution >= 4 is 11.8 Å². The van der Waals surface area contributed by atoms with Crippen molar-refractivity contribution in [3.8, 4) is 0 Å². The van der Waals surface area contributed by atoms with Crippen LogP contribution in [0.15, 0.2) is 0 Å². The van der Waals surface area contributed by atoms with E-state index in [1.165, 1.54) is 0 Å². The second-order valence-electron chi connectivity index (χ2n) is 5.16. The number of carbonyl (C=O) groups excluding carboxylic acids is 1. The predicted molar refractivity (Wildman–Crippen MR) is 56.8 cm³/mol. The molecule has 2 saturated carbocycles. The van der Waals surface area contributed by atoms with E-state index in [0.717, 1.165) is 12.8 Å². The Hall–Kier alpha value is -0.900. The number of fused-ring (bicyclic) bond motifs is 1. The topological polar surface area (TPSA) is 74.6 Å². The van der Waals surface area contributed by atoms with E-state index in [1.54, 1.807) is 0 Å². The molecule has 4 nitrogen and oxygen atoms in total. The summed E-state index contributed by atoms with van der Waals surface area (Å²) in [5.41, 5.74) is -1.67. The van der Waals surface area contributed by atoms with Gasteiger partial charge in [-0.25, -0.2) is 4.79 Å². The van der Waals surface area contributed by atoms with Crippen LogP contribution in [0.2, 0.25) is 0 Å². The normalized spacial score (nSPS) is 43.1. The van der Waals surface area contributed by atoms with Crippen LogP contribution >= 0.6 is 0 Å². The van der Waals surface area contributed by atoms with Gasteiger partial charge in [-0.15, -0.1) is 0 Å². The molecular weight excluding hydrogens is 208 g/mol. The van der Waals surface area contributed by atoms with Gasteiger partial charge in [0.25, 0.3) is 0 Å². The zero-order chi connectivity index (χ0) is 11.9. The Balaban J connectivity index is 2.30. The van der Waals surface area contributed by atoms with Crippen molar-refractivity contribution in [1.82, 2.24) is 0 Å². The van der Waals surface area contributed by atoms with Crippen molar-refractivity contribution in [2.45, 2.75) is 44.6 Å². The van der Waals surface area contributed by atoms with Gasteiger partial charge < -0.3 is 10.2 Å². The maximum Gasteiger partial charge on any atom is 0.336 e. The Bertz CT molecular complexity index is 325. The van der Waals surface area contributed by atoms with Gasteiger partial charge in [-0.05, 0) is 25.2 Å². The van der Waals surface area contributed by atoms with Gasteiger partial charge in [0.15, 0.2) is 5.60 Å². The number of rotatable bonds is 2. The summed E-state index contributed by atoms with van der Waals surface area (Å²) in [6, 6.07) is 0. The van der Waals surface area contributed by atoms with Crippen LogP contribution in [-0.2, 0) is 9.59 Å². The van der Waals surface area contributed by atoms with Crippen LogP contribution in [0, 0.1) is 17.8 Å². The van der Waals surface area contributed by atoms with Gasteiger partial charge in [0.05, 0.1) is 0 Å². The maximum atomic E-state index is 11.7. The summed E-state index contributed by atoms with van der Waals surface area (Å²) < 4.78 is 0. The average Bonchev–Trinajstić information content (AvgIpc) is 2.61. The van der Waals surface area contributed by atoms with Crippen molar-refractivity contribution in [1.29, 1.82) is 0 Å². The van der Waals surface area contributed by atoms with Gasteiger partial charge in [-0.1, -0.05) is 13.3 Å². The van der Waals surface area contributed by atoms with E-state index in [0.29, 0.717) is 19.3 Å². The van der Waals surface area contributed by atoms with E-state index in [1.807, 2.05) is 6.92 Å². The van der Waals surface area contributed by atoms with Crippen LogP contribution in [0.25, 0.3) is 0 Å². The minimum Gasteiger partial charge on any atom is -0.479 e. The highest BCUT2D eigenvalue weighted by Crippen LogP contribution is 2.48. The van der Waals surface area contributed by atoms with Crippen LogP contribution < -0.4 is 0 Å². The molecule has 2 rings (SSSR count). The molecule has 0 aromatic heterocycles. The Morgan fingerprint density at radius 3 is 2.81 bits per heavy atom. The fourth-order valence-corrected chi connectivity index (χ4v) is 3.37. The largest absolute Gasteiger partial charge is 0.479 e. The summed E-state index contributed by atoms with van der Waals surface area (Å²) >= 11 is 0. The number of carboxylic acid groups (broad SMARTS) is 1. The van der Waals surface area contributed by atoms with Crippen molar-refractivity contribution < 1.29 is 19.8 Å².